The molecule has 0 aromatic heterocycles. The van der Waals surface area contributed by atoms with Gasteiger partial charge in [-0.2, -0.15) is 0 Å². The zero-order chi connectivity index (χ0) is 21.6. The summed E-state index contributed by atoms with van der Waals surface area (Å²) in [6.07, 6.45) is 8.13. The molecular weight excluding hydrogens is 380 g/mol. The molecule has 0 saturated carbocycles. The molecule has 1 aliphatic heterocycles. The van der Waals surface area contributed by atoms with Crippen molar-refractivity contribution in [3.8, 4) is 0 Å². The fourth-order valence-electron chi connectivity index (χ4n) is 5.19. The van der Waals surface area contributed by atoms with Crippen molar-refractivity contribution in [2.45, 2.75) is 64.9 Å². The van der Waals surface area contributed by atoms with E-state index in [1.54, 1.807) is 5.56 Å². The van der Waals surface area contributed by atoms with E-state index in [9.17, 15) is 0 Å². The topological polar surface area (TPSA) is 18.5 Å². The maximum atomic E-state index is 5.83. The van der Waals surface area contributed by atoms with Gasteiger partial charge in [0.2, 0.25) is 0 Å². The lowest BCUT2D eigenvalue weighted by atomic mass is 9.78. The largest absolute Gasteiger partial charge is 0.376 e. The maximum Gasteiger partial charge on any atom is 0.0812 e. The summed E-state index contributed by atoms with van der Waals surface area (Å²) in [4.78, 5) is 0. The highest BCUT2D eigenvalue weighted by molar-refractivity contribution is 5.36. The fraction of sp³-hybridized carbons (Fsp3) is 0.517. The zero-order valence-corrected chi connectivity index (χ0v) is 19.4. The summed E-state index contributed by atoms with van der Waals surface area (Å²) in [6, 6.07) is 16.3. The number of fused-ring (bicyclic) bond motifs is 1. The van der Waals surface area contributed by atoms with E-state index in [0.717, 1.165) is 51.9 Å². The smallest absolute Gasteiger partial charge is 0.0812 e. The standard InChI is InChI=1S/C29H38O2/c1-4-23-5-7-24(8-6-23)17-22(3)26-11-12-27-18-25(9-10-28(27)19-26)15-21(2)16-29-20-30-13-14-31-29/h5-10,18,21,26,29H,3-4,11-17,19-20H2,1-2H3/t21?,26-,29?/m0/s1. The minimum atomic E-state index is 0.270. The van der Waals surface area contributed by atoms with E-state index in [1.807, 2.05) is 0 Å². The number of ether oxygens (including phenoxy) is 2. The molecule has 166 valence electrons. The molecule has 0 spiro atoms. The molecule has 0 bridgehead atoms. The predicted octanol–water partition coefficient (Wildman–Crippen LogP) is 6.14. The first-order chi connectivity index (χ1) is 15.1. The minimum Gasteiger partial charge on any atom is -0.376 e. The lowest BCUT2D eigenvalue weighted by molar-refractivity contribution is -0.0950. The monoisotopic (exact) mass is 418 g/mol. The quantitative estimate of drug-likeness (QED) is 0.480. The summed E-state index contributed by atoms with van der Waals surface area (Å²) in [5.74, 6) is 1.21. The fourth-order valence-corrected chi connectivity index (χ4v) is 5.19. The van der Waals surface area contributed by atoms with Crippen molar-refractivity contribution < 1.29 is 9.47 Å². The summed E-state index contributed by atoms with van der Waals surface area (Å²) in [5, 5.41) is 0. The number of rotatable bonds is 8. The van der Waals surface area contributed by atoms with Gasteiger partial charge in [-0.05, 0) is 84.6 Å². The van der Waals surface area contributed by atoms with Crippen molar-refractivity contribution in [3.63, 3.8) is 0 Å². The van der Waals surface area contributed by atoms with Crippen LogP contribution in [0.1, 0.15) is 54.5 Å². The molecule has 31 heavy (non-hydrogen) atoms. The van der Waals surface area contributed by atoms with E-state index < -0.39 is 0 Å². The molecule has 3 atom stereocenters. The lowest BCUT2D eigenvalue weighted by Gasteiger charge is -2.28. The van der Waals surface area contributed by atoms with Crippen LogP contribution in [0.2, 0.25) is 0 Å². The third kappa shape index (κ3) is 6.08. The average molecular weight is 419 g/mol. The Morgan fingerprint density at radius 1 is 1.03 bits per heavy atom. The highest BCUT2D eigenvalue weighted by Crippen LogP contribution is 2.32. The molecule has 2 unspecified atom stereocenters. The van der Waals surface area contributed by atoms with Crippen molar-refractivity contribution in [2.75, 3.05) is 19.8 Å². The first kappa shape index (κ1) is 22.3. The summed E-state index contributed by atoms with van der Waals surface area (Å²) < 4.78 is 11.4. The Bertz CT molecular complexity index is 861. The molecule has 2 heteroatoms. The normalized spacial score (nSPS) is 22.0. The van der Waals surface area contributed by atoms with Gasteiger partial charge in [0.25, 0.3) is 0 Å². The van der Waals surface area contributed by atoms with Crippen LogP contribution in [0.3, 0.4) is 0 Å². The Balaban J connectivity index is 1.31. The Morgan fingerprint density at radius 3 is 2.55 bits per heavy atom. The second-order valence-electron chi connectivity index (χ2n) is 9.66. The van der Waals surface area contributed by atoms with Gasteiger partial charge in [-0.1, -0.05) is 68.5 Å². The molecule has 2 aromatic carbocycles. The first-order valence-corrected chi connectivity index (χ1v) is 12.2. The van der Waals surface area contributed by atoms with Crippen LogP contribution < -0.4 is 0 Å². The molecule has 2 aromatic rings. The van der Waals surface area contributed by atoms with Crippen molar-refractivity contribution in [3.05, 3.63) is 82.4 Å². The Morgan fingerprint density at radius 2 is 1.81 bits per heavy atom. The van der Waals surface area contributed by atoms with Crippen LogP contribution >= 0.6 is 0 Å². The van der Waals surface area contributed by atoms with Crippen LogP contribution in [0, 0.1) is 11.8 Å². The first-order valence-electron chi connectivity index (χ1n) is 12.2. The Kier molecular flexibility index (Phi) is 7.63. The molecule has 2 nitrogen and oxygen atoms in total. The number of aryl methyl sites for hydroxylation is 2. The third-order valence-corrected chi connectivity index (χ3v) is 7.07. The molecule has 1 heterocycles. The second kappa shape index (κ2) is 10.6. The number of hydrogen-bond acceptors (Lipinski definition) is 2. The molecule has 2 aliphatic rings. The highest BCUT2D eigenvalue weighted by atomic mass is 16.6. The molecule has 1 saturated heterocycles. The number of hydrogen-bond donors (Lipinski definition) is 0. The molecule has 1 fully saturated rings. The number of allylic oxidation sites excluding steroid dienone is 1. The van der Waals surface area contributed by atoms with E-state index in [1.165, 1.54) is 40.7 Å². The summed E-state index contributed by atoms with van der Waals surface area (Å²) in [5.41, 5.74) is 8.74. The van der Waals surface area contributed by atoms with Gasteiger partial charge in [0.15, 0.2) is 0 Å². The minimum absolute atomic E-state index is 0.270. The van der Waals surface area contributed by atoms with E-state index in [4.69, 9.17) is 9.47 Å². The Hall–Kier alpha value is -1.90. The van der Waals surface area contributed by atoms with Gasteiger partial charge in [-0.3, -0.25) is 0 Å². The molecule has 0 N–H and O–H groups in total. The van der Waals surface area contributed by atoms with Crippen LogP contribution in [0.15, 0.2) is 54.6 Å². The molecule has 0 radical (unpaired) electrons. The van der Waals surface area contributed by atoms with Gasteiger partial charge in [-0.25, -0.2) is 0 Å². The summed E-state index contributed by atoms with van der Waals surface area (Å²) >= 11 is 0. The van der Waals surface area contributed by atoms with Gasteiger partial charge in [0.05, 0.1) is 25.9 Å². The molecular formula is C29H38O2. The van der Waals surface area contributed by atoms with Crippen LogP contribution in [0.4, 0.5) is 0 Å². The SMILES string of the molecule is C=C(Cc1ccc(CC)cc1)[C@H]1CCc2cc(CC(C)CC3COCCO3)ccc2C1. The predicted molar refractivity (Wildman–Crippen MR) is 129 cm³/mol. The van der Waals surface area contributed by atoms with Crippen LogP contribution in [0.25, 0.3) is 0 Å². The molecule has 0 amide bonds. The van der Waals surface area contributed by atoms with Gasteiger partial charge in [-0.15, -0.1) is 0 Å². The van der Waals surface area contributed by atoms with Crippen molar-refractivity contribution in [1.29, 1.82) is 0 Å². The van der Waals surface area contributed by atoms with Crippen molar-refractivity contribution in [1.82, 2.24) is 0 Å². The third-order valence-electron chi connectivity index (χ3n) is 7.07. The van der Waals surface area contributed by atoms with Crippen molar-refractivity contribution in [2.24, 2.45) is 11.8 Å². The average Bonchev–Trinajstić information content (AvgIpc) is 2.79. The number of benzene rings is 2. The second-order valence-corrected chi connectivity index (χ2v) is 9.66. The summed E-state index contributed by atoms with van der Waals surface area (Å²) in [6.45, 7) is 11.3. The maximum absolute atomic E-state index is 5.83. The highest BCUT2D eigenvalue weighted by Gasteiger charge is 2.22. The van der Waals surface area contributed by atoms with Gasteiger partial charge in [0.1, 0.15) is 0 Å². The zero-order valence-electron chi connectivity index (χ0n) is 19.4. The van der Waals surface area contributed by atoms with Gasteiger partial charge in [0, 0.05) is 0 Å². The Labute approximate surface area is 188 Å². The van der Waals surface area contributed by atoms with Crippen LogP contribution in [-0.4, -0.2) is 25.9 Å². The van der Waals surface area contributed by atoms with E-state index in [2.05, 4.69) is 62.9 Å². The van der Waals surface area contributed by atoms with Crippen LogP contribution in [-0.2, 0) is 41.6 Å². The van der Waals surface area contributed by atoms with Crippen molar-refractivity contribution >= 4 is 0 Å². The van der Waals surface area contributed by atoms with Gasteiger partial charge >= 0.3 is 0 Å². The van der Waals surface area contributed by atoms with E-state index >= 15 is 0 Å². The lowest BCUT2D eigenvalue weighted by Crippen LogP contribution is -2.30. The summed E-state index contributed by atoms with van der Waals surface area (Å²) in [7, 11) is 0. The van der Waals surface area contributed by atoms with Crippen LogP contribution in [0.5, 0.6) is 0 Å². The molecule has 4 rings (SSSR count). The molecule has 1 aliphatic carbocycles. The van der Waals surface area contributed by atoms with E-state index in [-0.39, 0.29) is 6.10 Å². The van der Waals surface area contributed by atoms with E-state index in [0.29, 0.717) is 11.8 Å². The van der Waals surface area contributed by atoms with Gasteiger partial charge < -0.3 is 9.47 Å².